The number of hydrogen-bond donors (Lipinski definition) is 1. The van der Waals surface area contributed by atoms with Gasteiger partial charge < -0.3 is 12.7 Å². The molecule has 240 valence electrons. The first kappa shape index (κ1) is 47.2. The molecule has 1 N–H and O–H groups in total. The van der Waals surface area contributed by atoms with Crippen LogP contribution in [0.1, 0.15) is 203 Å². The van der Waals surface area contributed by atoms with E-state index in [9.17, 15) is 14.7 Å². The molecule has 0 saturated carbocycles. The van der Waals surface area contributed by atoms with Gasteiger partial charge in [-0.1, -0.05) is 161 Å². The van der Waals surface area contributed by atoms with Crippen LogP contribution in [0.15, 0.2) is 12.2 Å². The zero-order valence-electron chi connectivity index (χ0n) is 30.9. The maximum Gasteiger partial charge on any atom is 1.00 e. The van der Waals surface area contributed by atoms with Gasteiger partial charge in [0.05, 0.1) is 6.10 Å². The van der Waals surface area contributed by atoms with E-state index in [4.69, 9.17) is 4.74 Å². The molecular weight excluding hydrogens is 542 g/mol. The quantitative estimate of drug-likeness (QED) is 0.0366. The Morgan fingerprint density at radius 1 is 0.548 bits per heavy atom. The summed E-state index contributed by atoms with van der Waals surface area (Å²) in [6.07, 6.45) is 37.1. The Hall–Kier alpha value is 0.840. The van der Waals surface area contributed by atoms with Gasteiger partial charge in [0.2, 0.25) is 0 Å². The van der Waals surface area contributed by atoms with E-state index in [-0.39, 0.29) is 80.0 Å². The Morgan fingerprint density at radius 3 is 1.33 bits per heavy atom. The SMILES string of the molecule is CCCCCCCCCCCCCCCCCC(=O)OC(=O)CCCCCCC/C=C\C[C@H](O)CCCCCC.[H-].[H-].[Na+].[Na+]. The number of carbonyl (C=O) groups excluding carboxylic acids is 2. The van der Waals surface area contributed by atoms with Crippen molar-refractivity contribution in [3.63, 3.8) is 0 Å². The van der Waals surface area contributed by atoms with E-state index in [0.29, 0.717) is 12.8 Å². The van der Waals surface area contributed by atoms with Gasteiger partial charge in [0.1, 0.15) is 0 Å². The Balaban J connectivity index is -0.00000127. The van der Waals surface area contributed by atoms with Crippen LogP contribution in [0.5, 0.6) is 0 Å². The van der Waals surface area contributed by atoms with Gasteiger partial charge in [-0.2, -0.15) is 0 Å². The predicted molar refractivity (Wildman–Crippen MR) is 174 cm³/mol. The molecule has 1 atom stereocenters. The van der Waals surface area contributed by atoms with Crippen molar-refractivity contribution in [1.82, 2.24) is 0 Å². The van der Waals surface area contributed by atoms with Crippen LogP contribution < -0.4 is 59.1 Å². The Kier molecular flexibility index (Phi) is 44.8. The summed E-state index contributed by atoms with van der Waals surface area (Å²) in [5.41, 5.74) is 0. The fourth-order valence-electron chi connectivity index (χ4n) is 5.23. The molecule has 0 bridgehead atoms. The minimum atomic E-state index is -0.359. The van der Waals surface area contributed by atoms with Gasteiger partial charge in [-0.3, -0.25) is 9.59 Å². The maximum atomic E-state index is 11.9. The zero-order valence-corrected chi connectivity index (χ0v) is 32.9. The molecule has 0 amide bonds. The molecule has 0 aromatic carbocycles. The second-order valence-corrected chi connectivity index (χ2v) is 12.1. The van der Waals surface area contributed by atoms with Crippen LogP contribution in [0.2, 0.25) is 0 Å². The van der Waals surface area contributed by atoms with E-state index < -0.39 is 0 Å². The molecule has 0 aliphatic heterocycles. The normalized spacial score (nSPS) is 11.7. The van der Waals surface area contributed by atoms with Gasteiger partial charge in [-0.15, -0.1) is 0 Å². The smallest absolute Gasteiger partial charge is 1.00 e. The van der Waals surface area contributed by atoms with Crippen LogP contribution in [0.25, 0.3) is 0 Å². The van der Waals surface area contributed by atoms with Gasteiger partial charge in [0.25, 0.3) is 0 Å². The van der Waals surface area contributed by atoms with Crippen molar-refractivity contribution >= 4 is 11.9 Å². The van der Waals surface area contributed by atoms with Crippen LogP contribution in [0, 0.1) is 0 Å². The molecule has 0 unspecified atom stereocenters. The van der Waals surface area contributed by atoms with Crippen molar-refractivity contribution in [1.29, 1.82) is 0 Å². The predicted octanol–water partition coefficient (Wildman–Crippen LogP) is 5.56. The summed E-state index contributed by atoms with van der Waals surface area (Å²) >= 11 is 0. The summed E-state index contributed by atoms with van der Waals surface area (Å²) in [5.74, 6) is -0.709. The summed E-state index contributed by atoms with van der Waals surface area (Å²) < 4.78 is 4.99. The summed E-state index contributed by atoms with van der Waals surface area (Å²) in [7, 11) is 0. The van der Waals surface area contributed by atoms with Crippen molar-refractivity contribution in [2.75, 3.05) is 0 Å². The fourth-order valence-corrected chi connectivity index (χ4v) is 5.23. The molecular formula is C36H70Na2O4. The van der Waals surface area contributed by atoms with Gasteiger partial charge in [0.15, 0.2) is 0 Å². The summed E-state index contributed by atoms with van der Waals surface area (Å²) in [5, 5.41) is 9.97. The molecule has 0 aliphatic rings. The van der Waals surface area contributed by atoms with Crippen molar-refractivity contribution in [3.05, 3.63) is 12.2 Å². The number of aliphatic hydroxyl groups excluding tert-OH is 1. The van der Waals surface area contributed by atoms with E-state index in [1.165, 1.54) is 103 Å². The molecule has 0 aromatic heterocycles. The zero-order chi connectivity index (χ0) is 29.4. The molecule has 6 heteroatoms. The first-order valence-electron chi connectivity index (χ1n) is 17.7. The molecule has 0 radical (unpaired) electrons. The average Bonchev–Trinajstić information content (AvgIpc) is 2.94. The van der Waals surface area contributed by atoms with Crippen LogP contribution in [-0.4, -0.2) is 23.1 Å². The van der Waals surface area contributed by atoms with Crippen molar-refractivity contribution < 1.29 is 81.4 Å². The minimum absolute atomic E-state index is 0. The first-order chi connectivity index (χ1) is 19.6. The number of hydrogen-bond acceptors (Lipinski definition) is 4. The second-order valence-electron chi connectivity index (χ2n) is 12.1. The van der Waals surface area contributed by atoms with E-state index in [0.717, 1.165) is 70.6 Å². The third-order valence-electron chi connectivity index (χ3n) is 7.93. The summed E-state index contributed by atoms with van der Waals surface area (Å²) in [6, 6.07) is 0. The Bertz CT molecular complexity index is 594. The molecule has 4 nitrogen and oxygen atoms in total. The molecule has 0 saturated heterocycles. The summed E-state index contributed by atoms with van der Waals surface area (Å²) in [6.45, 7) is 4.48. The minimum Gasteiger partial charge on any atom is -1.00 e. The van der Waals surface area contributed by atoms with Crippen molar-refractivity contribution in [3.8, 4) is 0 Å². The largest absolute Gasteiger partial charge is 1.00 e. The Labute approximate surface area is 309 Å². The molecule has 0 spiro atoms. The van der Waals surface area contributed by atoms with E-state index in [1.807, 2.05) is 0 Å². The molecule has 0 rings (SSSR count). The third kappa shape index (κ3) is 38.9. The molecule has 0 aliphatic carbocycles. The van der Waals surface area contributed by atoms with Crippen molar-refractivity contribution in [2.45, 2.75) is 206 Å². The number of ether oxygens (including phenoxy) is 1. The number of aliphatic hydroxyl groups is 1. The number of carbonyl (C=O) groups is 2. The standard InChI is InChI=1S/C36H68O4.2Na.2H/c1-3-5-7-9-10-11-12-13-14-15-16-17-21-24-28-32-35(38)40-36(39)33-29-25-22-19-18-20-23-27-31-34(37)30-26-8-6-4-2;;;;/h23,27,34,37H,3-22,24-26,28-33H2,1-2H3;;;;/q;2*+1;2*-1/b27-23-;;;;/t34-;;;;/m1..../s1. The first-order valence-corrected chi connectivity index (χ1v) is 17.7. The number of esters is 2. The van der Waals surface area contributed by atoms with Crippen LogP contribution in [0.4, 0.5) is 0 Å². The monoisotopic (exact) mass is 613 g/mol. The molecule has 0 aromatic rings. The van der Waals surface area contributed by atoms with Crippen molar-refractivity contribution in [2.24, 2.45) is 0 Å². The van der Waals surface area contributed by atoms with Gasteiger partial charge in [0, 0.05) is 12.8 Å². The topological polar surface area (TPSA) is 63.6 Å². The van der Waals surface area contributed by atoms with E-state index in [1.54, 1.807) is 0 Å². The molecule has 0 fully saturated rings. The Morgan fingerprint density at radius 2 is 0.905 bits per heavy atom. The van der Waals surface area contributed by atoms with Gasteiger partial charge >= 0.3 is 71.1 Å². The van der Waals surface area contributed by atoms with Crippen LogP contribution in [0.3, 0.4) is 0 Å². The second kappa shape index (κ2) is 39.9. The molecule has 42 heavy (non-hydrogen) atoms. The van der Waals surface area contributed by atoms with Crippen LogP contribution in [-0.2, 0) is 14.3 Å². The van der Waals surface area contributed by atoms with Gasteiger partial charge in [-0.05, 0) is 38.5 Å². The van der Waals surface area contributed by atoms with Crippen LogP contribution >= 0.6 is 0 Å². The number of unbranched alkanes of at least 4 members (excludes halogenated alkanes) is 22. The third-order valence-corrected chi connectivity index (χ3v) is 7.93. The maximum absolute atomic E-state index is 11.9. The fraction of sp³-hybridized carbons (Fsp3) is 0.889. The van der Waals surface area contributed by atoms with E-state index >= 15 is 0 Å². The average molecular weight is 613 g/mol. The summed E-state index contributed by atoms with van der Waals surface area (Å²) in [4.78, 5) is 23.8. The van der Waals surface area contributed by atoms with E-state index in [2.05, 4.69) is 26.0 Å². The number of rotatable bonds is 31. The molecule has 0 heterocycles. The van der Waals surface area contributed by atoms with Gasteiger partial charge in [-0.25, -0.2) is 0 Å². The number of allylic oxidation sites excluding steroid dienone is 1.